The number of sulfonamides is 1. The molecule has 0 aliphatic heterocycles. The van der Waals surface area contributed by atoms with Crippen LogP contribution < -0.4 is 15.4 Å². The average Bonchev–Trinajstić information content (AvgIpc) is 3.39. The number of halogens is 2. The number of anilines is 3. The van der Waals surface area contributed by atoms with Crippen molar-refractivity contribution in [2.45, 2.75) is 4.21 Å². The van der Waals surface area contributed by atoms with Crippen molar-refractivity contribution in [3.63, 3.8) is 0 Å². The Morgan fingerprint density at radius 2 is 1.71 bits per heavy atom. The van der Waals surface area contributed by atoms with Gasteiger partial charge in [-0.1, -0.05) is 41.4 Å². The highest BCUT2D eigenvalue weighted by atomic mass is 35.5. The van der Waals surface area contributed by atoms with Gasteiger partial charge < -0.3 is 10.6 Å². The number of aromatic nitrogens is 1. The molecule has 2 heterocycles. The van der Waals surface area contributed by atoms with E-state index in [4.69, 9.17) is 23.2 Å². The highest BCUT2D eigenvalue weighted by Crippen LogP contribution is 2.36. The Morgan fingerprint density at radius 3 is 2.40 bits per heavy atom. The van der Waals surface area contributed by atoms with E-state index in [2.05, 4.69) is 20.3 Å². The molecule has 35 heavy (non-hydrogen) atoms. The van der Waals surface area contributed by atoms with E-state index in [9.17, 15) is 18.5 Å². The summed E-state index contributed by atoms with van der Waals surface area (Å²) in [6, 6.07) is 17.2. The van der Waals surface area contributed by atoms with Crippen molar-refractivity contribution in [1.82, 2.24) is 4.98 Å². The van der Waals surface area contributed by atoms with Crippen molar-refractivity contribution in [3.05, 3.63) is 87.8 Å². The second-order valence-corrected chi connectivity index (χ2v) is 10.6. The molecular weight excluding hydrogens is 529 g/mol. The monoisotopic (exact) mass is 543 g/mol. The van der Waals surface area contributed by atoms with Crippen LogP contribution >= 0.6 is 34.5 Å². The van der Waals surface area contributed by atoms with Crippen LogP contribution in [0.4, 0.5) is 21.9 Å². The van der Waals surface area contributed by atoms with Gasteiger partial charge in [0.25, 0.3) is 10.0 Å². The fourth-order valence-electron chi connectivity index (χ4n) is 3.17. The van der Waals surface area contributed by atoms with Gasteiger partial charge in [0.2, 0.25) is 0 Å². The molecule has 0 aliphatic carbocycles. The lowest BCUT2D eigenvalue weighted by Crippen LogP contribution is -2.21. The van der Waals surface area contributed by atoms with E-state index in [0.29, 0.717) is 5.69 Å². The summed E-state index contributed by atoms with van der Waals surface area (Å²) in [7, 11) is -3.92. The summed E-state index contributed by atoms with van der Waals surface area (Å²) >= 11 is 13.2. The lowest BCUT2D eigenvalue weighted by atomic mass is 10.0. The van der Waals surface area contributed by atoms with Crippen LogP contribution in [0.5, 0.6) is 0 Å². The standard InChI is InChI=1S/C23H15Cl2N5O3S2/c24-15-5-3-7-19(22(15)25)29-23(31)28-18-10-9-16(30-35(32,33)20-8-4-12-34-20)14(13-26)21(18)17-6-1-2-11-27-17/h1-12,30H,(H2,28,29,31). The van der Waals surface area contributed by atoms with Crippen molar-refractivity contribution in [3.8, 4) is 17.3 Å². The van der Waals surface area contributed by atoms with E-state index in [1.165, 1.54) is 24.4 Å². The summed E-state index contributed by atoms with van der Waals surface area (Å²) in [5.74, 6) is 0. The molecule has 4 rings (SSSR count). The molecule has 0 saturated carbocycles. The lowest BCUT2D eigenvalue weighted by Gasteiger charge is -2.17. The summed E-state index contributed by atoms with van der Waals surface area (Å²) in [5, 5.41) is 17.3. The molecule has 2 aromatic heterocycles. The fraction of sp³-hybridized carbons (Fsp3) is 0. The van der Waals surface area contributed by atoms with Gasteiger partial charge in [0, 0.05) is 11.8 Å². The SMILES string of the molecule is N#Cc1c(NS(=O)(=O)c2cccs2)ccc(NC(=O)Nc2cccc(Cl)c2Cl)c1-c1ccccn1. The van der Waals surface area contributed by atoms with Crippen LogP contribution in [0.1, 0.15) is 5.56 Å². The third kappa shape index (κ3) is 5.39. The maximum absolute atomic E-state index is 12.8. The van der Waals surface area contributed by atoms with E-state index in [1.807, 2.05) is 6.07 Å². The van der Waals surface area contributed by atoms with Crippen molar-refractivity contribution < 1.29 is 13.2 Å². The zero-order valence-corrected chi connectivity index (χ0v) is 20.8. The topological polar surface area (TPSA) is 124 Å². The number of hydrogen-bond acceptors (Lipinski definition) is 6. The first-order valence-electron chi connectivity index (χ1n) is 9.87. The van der Waals surface area contributed by atoms with E-state index >= 15 is 0 Å². The molecular formula is C23H15Cl2N5O3S2. The molecule has 0 bridgehead atoms. The molecule has 2 aromatic carbocycles. The Balaban J connectivity index is 1.74. The number of nitrogens with one attached hydrogen (secondary N) is 3. The van der Waals surface area contributed by atoms with Crippen molar-refractivity contribution in [2.24, 2.45) is 0 Å². The van der Waals surface area contributed by atoms with Gasteiger partial charge in [-0.25, -0.2) is 13.2 Å². The molecule has 0 spiro atoms. The number of hydrogen-bond donors (Lipinski definition) is 3. The maximum atomic E-state index is 12.8. The second kappa shape index (κ2) is 10.3. The normalized spacial score (nSPS) is 10.9. The van der Waals surface area contributed by atoms with E-state index < -0.39 is 16.1 Å². The minimum absolute atomic E-state index is 0.0116. The number of urea groups is 1. The van der Waals surface area contributed by atoms with Crippen LogP contribution in [0.15, 0.2) is 76.4 Å². The van der Waals surface area contributed by atoms with Crippen molar-refractivity contribution >= 4 is 67.7 Å². The van der Waals surface area contributed by atoms with Gasteiger partial charge in [-0.3, -0.25) is 9.71 Å². The third-order valence-corrected chi connectivity index (χ3v) is 8.27. The number of rotatable bonds is 6. The van der Waals surface area contributed by atoms with Gasteiger partial charge in [-0.05, 0) is 47.8 Å². The minimum Gasteiger partial charge on any atom is -0.307 e. The van der Waals surface area contributed by atoms with Crippen molar-refractivity contribution in [2.75, 3.05) is 15.4 Å². The highest BCUT2D eigenvalue weighted by molar-refractivity contribution is 7.94. The minimum atomic E-state index is -3.92. The Bertz CT molecular complexity index is 1540. The summed E-state index contributed by atoms with van der Waals surface area (Å²) < 4.78 is 28.1. The molecule has 12 heteroatoms. The van der Waals surface area contributed by atoms with E-state index in [1.54, 1.807) is 47.8 Å². The van der Waals surface area contributed by atoms with Crippen LogP contribution in [0.3, 0.4) is 0 Å². The first-order chi connectivity index (χ1) is 16.8. The first kappa shape index (κ1) is 24.5. The number of thiophene rings is 1. The fourth-order valence-corrected chi connectivity index (χ4v) is 5.58. The quantitative estimate of drug-likeness (QED) is 0.258. The summed E-state index contributed by atoms with van der Waals surface area (Å²) in [5.41, 5.74) is 1.16. The van der Waals surface area contributed by atoms with Gasteiger partial charge in [-0.15, -0.1) is 11.3 Å². The first-order valence-corrected chi connectivity index (χ1v) is 13.0. The molecule has 176 valence electrons. The van der Waals surface area contributed by atoms with Crippen LogP contribution in [0.2, 0.25) is 10.0 Å². The molecule has 0 aliphatic rings. The van der Waals surface area contributed by atoms with Crippen molar-refractivity contribution in [1.29, 1.82) is 5.26 Å². The van der Waals surface area contributed by atoms with Gasteiger partial charge in [0.05, 0.1) is 38.4 Å². The Labute approximate surface area is 215 Å². The zero-order valence-electron chi connectivity index (χ0n) is 17.6. The molecule has 3 N–H and O–H groups in total. The van der Waals surface area contributed by atoms with Crippen LogP contribution in [0, 0.1) is 11.3 Å². The Morgan fingerprint density at radius 1 is 0.943 bits per heavy atom. The molecule has 8 nitrogen and oxygen atoms in total. The Kier molecular flexibility index (Phi) is 7.23. The molecule has 0 radical (unpaired) electrons. The second-order valence-electron chi connectivity index (χ2n) is 6.96. The molecule has 0 unspecified atom stereocenters. The maximum Gasteiger partial charge on any atom is 0.323 e. The highest BCUT2D eigenvalue weighted by Gasteiger charge is 2.22. The van der Waals surface area contributed by atoms with Gasteiger partial charge in [0.1, 0.15) is 10.3 Å². The summed E-state index contributed by atoms with van der Waals surface area (Å²) in [4.78, 5) is 17.0. The number of nitrogens with zero attached hydrogens (tertiary/aromatic N) is 2. The van der Waals surface area contributed by atoms with E-state index in [0.717, 1.165) is 11.3 Å². The number of amides is 2. The predicted molar refractivity (Wildman–Crippen MR) is 139 cm³/mol. The molecule has 0 atom stereocenters. The molecule has 4 aromatic rings. The predicted octanol–water partition coefficient (Wildman–Crippen LogP) is 6.43. The lowest BCUT2D eigenvalue weighted by molar-refractivity contribution is 0.262. The summed E-state index contributed by atoms with van der Waals surface area (Å²) in [6.45, 7) is 0. The number of carbonyl (C=O) groups is 1. The smallest absolute Gasteiger partial charge is 0.307 e. The number of nitriles is 1. The number of carbonyl (C=O) groups excluding carboxylic acids is 1. The van der Waals surface area contributed by atoms with Gasteiger partial charge in [0.15, 0.2) is 0 Å². The van der Waals surface area contributed by atoms with Crippen LogP contribution in [0.25, 0.3) is 11.3 Å². The van der Waals surface area contributed by atoms with Gasteiger partial charge in [-0.2, -0.15) is 5.26 Å². The molecule has 0 fully saturated rings. The average molecular weight is 544 g/mol. The summed E-state index contributed by atoms with van der Waals surface area (Å²) in [6.07, 6.45) is 1.52. The van der Waals surface area contributed by atoms with E-state index in [-0.39, 0.29) is 42.4 Å². The largest absolute Gasteiger partial charge is 0.323 e. The van der Waals surface area contributed by atoms with Crippen LogP contribution in [-0.2, 0) is 10.0 Å². The molecule has 0 saturated heterocycles. The van der Waals surface area contributed by atoms with Crippen LogP contribution in [-0.4, -0.2) is 19.4 Å². The third-order valence-electron chi connectivity index (χ3n) is 4.69. The Hall–Kier alpha value is -3.62. The number of benzene rings is 2. The molecule has 2 amide bonds. The zero-order chi connectivity index (χ0) is 25.0. The van der Waals surface area contributed by atoms with Gasteiger partial charge >= 0.3 is 6.03 Å². The number of pyridine rings is 1.